The number of nitrogens with zero attached hydrogens (tertiary/aromatic N) is 5. The van der Waals surface area contributed by atoms with Gasteiger partial charge in [0.05, 0.1) is 11.4 Å². The van der Waals surface area contributed by atoms with E-state index in [2.05, 4.69) is 201 Å². The highest BCUT2D eigenvalue weighted by Crippen LogP contribution is 2.44. The minimum atomic E-state index is -0.405. The lowest BCUT2D eigenvalue weighted by atomic mass is 9.71. The van der Waals surface area contributed by atoms with Gasteiger partial charge in [-0.1, -0.05) is 231 Å². The van der Waals surface area contributed by atoms with Gasteiger partial charge >= 0.3 is 0 Å². The Morgan fingerprint density at radius 1 is 0.313 bits per heavy atom. The van der Waals surface area contributed by atoms with E-state index < -0.39 is 5.41 Å². The number of aromatic nitrogens is 5. The maximum Gasteiger partial charge on any atom is 0.164 e. The summed E-state index contributed by atoms with van der Waals surface area (Å²) in [6, 6.07) is 80.0. The molecule has 2 aromatic heterocycles. The van der Waals surface area contributed by atoms with Crippen molar-refractivity contribution in [2.45, 2.75) is 18.8 Å². The Morgan fingerprint density at radius 3 is 1.31 bits per heavy atom. The molecule has 318 valence electrons. The Kier molecular flexibility index (Phi) is 11.1. The highest BCUT2D eigenvalue weighted by Gasteiger charge is 2.32. The van der Waals surface area contributed by atoms with Crippen LogP contribution in [0.2, 0.25) is 0 Å². The van der Waals surface area contributed by atoms with Gasteiger partial charge in [-0.15, -0.1) is 0 Å². The minimum absolute atomic E-state index is 0.405. The maximum absolute atomic E-state index is 5.22. The normalized spacial score (nSPS) is 14.5. The Labute approximate surface area is 391 Å². The summed E-state index contributed by atoms with van der Waals surface area (Å²) in [5.74, 6) is 2.66. The molecule has 0 aliphatic heterocycles. The smallest absolute Gasteiger partial charge is 0.164 e. The van der Waals surface area contributed by atoms with Crippen LogP contribution in [0, 0.1) is 0 Å². The molecule has 8 aromatic carbocycles. The molecule has 0 radical (unpaired) electrons. The van der Waals surface area contributed by atoms with E-state index in [1.807, 2.05) is 48.5 Å². The van der Waals surface area contributed by atoms with Crippen LogP contribution in [0.1, 0.15) is 30.3 Å². The molecule has 1 aliphatic carbocycles. The molecule has 10 aromatic rings. The first-order valence-electron chi connectivity index (χ1n) is 22.7. The fourth-order valence-electron chi connectivity index (χ4n) is 8.98. The van der Waals surface area contributed by atoms with E-state index in [0.29, 0.717) is 29.7 Å². The van der Waals surface area contributed by atoms with Crippen molar-refractivity contribution in [2.24, 2.45) is 0 Å². The van der Waals surface area contributed by atoms with Crippen LogP contribution in [-0.2, 0) is 5.41 Å². The third-order valence-corrected chi connectivity index (χ3v) is 12.5. The summed E-state index contributed by atoms with van der Waals surface area (Å²) < 4.78 is 0. The standard InChI is InChI=1S/C62H45N5/c1-62(41-53(44-21-9-3-10-22-44)38-54(42-62)61-66-59(47-25-13-5-14-26-47)65-60(67-61)48-27-15-6-16-28-48)55-32-18-30-51(39-55)50-29-17-31-52(37-50)57-40-56(46-23-11-4-12-24-46)63-58(64-57)49-35-33-45(34-36-49)43-19-7-2-8-20-43/h2-41H,42H2,1H3. The lowest BCUT2D eigenvalue weighted by Crippen LogP contribution is -2.23. The molecule has 0 spiro atoms. The predicted molar refractivity (Wildman–Crippen MR) is 274 cm³/mol. The van der Waals surface area contributed by atoms with Gasteiger partial charge in [0.25, 0.3) is 0 Å². The molecule has 2 heterocycles. The number of benzene rings is 8. The Hall–Kier alpha value is -8.67. The summed E-state index contributed by atoms with van der Waals surface area (Å²) in [5.41, 5.74) is 15.3. The van der Waals surface area contributed by atoms with Crippen molar-refractivity contribution in [3.8, 4) is 78.9 Å². The fraction of sp³-hybridized carbons (Fsp3) is 0.0484. The molecule has 0 saturated heterocycles. The van der Waals surface area contributed by atoms with Gasteiger partial charge in [-0.3, -0.25) is 0 Å². The molecule has 5 heteroatoms. The minimum Gasteiger partial charge on any atom is -0.228 e. The summed E-state index contributed by atoms with van der Waals surface area (Å²) in [4.78, 5) is 25.7. The van der Waals surface area contributed by atoms with Crippen LogP contribution in [0.15, 0.2) is 243 Å². The van der Waals surface area contributed by atoms with Gasteiger partial charge in [0.15, 0.2) is 23.3 Å². The monoisotopic (exact) mass is 859 g/mol. The van der Waals surface area contributed by atoms with Crippen molar-refractivity contribution in [3.05, 3.63) is 260 Å². The average Bonchev–Trinajstić information content (AvgIpc) is 3.42. The number of hydrogen-bond donors (Lipinski definition) is 0. The number of rotatable bonds is 10. The van der Waals surface area contributed by atoms with Crippen molar-refractivity contribution < 1.29 is 0 Å². The number of allylic oxidation sites excluding steroid dienone is 4. The molecule has 67 heavy (non-hydrogen) atoms. The zero-order valence-corrected chi connectivity index (χ0v) is 37.0. The lowest BCUT2D eigenvalue weighted by Gasteiger charge is -2.33. The largest absolute Gasteiger partial charge is 0.228 e. The molecule has 1 aliphatic rings. The first-order valence-corrected chi connectivity index (χ1v) is 22.7. The third kappa shape index (κ3) is 8.79. The number of hydrogen-bond acceptors (Lipinski definition) is 5. The van der Waals surface area contributed by atoms with E-state index in [4.69, 9.17) is 24.9 Å². The summed E-state index contributed by atoms with van der Waals surface area (Å²) >= 11 is 0. The Bertz CT molecular complexity index is 3350. The van der Waals surface area contributed by atoms with Crippen molar-refractivity contribution >= 4 is 11.1 Å². The SMILES string of the molecule is CC1(c2cccc(-c3cccc(-c4cc(-c5ccccc5)nc(-c5ccc(-c6ccccc6)cc5)n4)c3)c2)C=C(c2ccccc2)C=C(c2nc(-c3ccccc3)nc(-c3ccccc3)n2)C1. The second-order valence-electron chi connectivity index (χ2n) is 17.2. The van der Waals surface area contributed by atoms with Crippen LogP contribution in [0.4, 0.5) is 0 Å². The van der Waals surface area contributed by atoms with Crippen LogP contribution in [0.5, 0.6) is 0 Å². The molecule has 0 bridgehead atoms. The first-order chi connectivity index (χ1) is 33.0. The molecule has 11 rings (SSSR count). The molecular formula is C62H45N5. The Balaban J connectivity index is 0.973. The zero-order chi connectivity index (χ0) is 45.0. The van der Waals surface area contributed by atoms with Crippen molar-refractivity contribution in [2.75, 3.05) is 0 Å². The van der Waals surface area contributed by atoms with Gasteiger partial charge in [0, 0.05) is 33.2 Å². The van der Waals surface area contributed by atoms with E-state index >= 15 is 0 Å². The highest BCUT2D eigenvalue weighted by atomic mass is 15.0. The summed E-state index contributed by atoms with van der Waals surface area (Å²) in [6.07, 6.45) is 5.37. The van der Waals surface area contributed by atoms with Crippen LogP contribution < -0.4 is 0 Å². The summed E-state index contributed by atoms with van der Waals surface area (Å²) in [7, 11) is 0. The fourth-order valence-corrected chi connectivity index (χ4v) is 8.98. The van der Waals surface area contributed by atoms with Crippen molar-refractivity contribution in [1.29, 1.82) is 0 Å². The molecule has 1 atom stereocenters. The van der Waals surface area contributed by atoms with Crippen molar-refractivity contribution in [1.82, 2.24) is 24.9 Å². The van der Waals surface area contributed by atoms with E-state index in [1.54, 1.807) is 0 Å². The lowest BCUT2D eigenvalue weighted by molar-refractivity contribution is 0.609. The molecule has 0 fully saturated rings. The second kappa shape index (κ2) is 18.1. The molecule has 0 amide bonds. The van der Waals surface area contributed by atoms with Gasteiger partial charge in [-0.25, -0.2) is 24.9 Å². The summed E-state index contributed by atoms with van der Waals surface area (Å²) in [5, 5.41) is 0. The van der Waals surface area contributed by atoms with E-state index in [0.717, 1.165) is 72.6 Å². The van der Waals surface area contributed by atoms with Crippen LogP contribution in [0.3, 0.4) is 0 Å². The topological polar surface area (TPSA) is 64.5 Å². The Morgan fingerprint density at radius 2 is 0.716 bits per heavy atom. The predicted octanol–water partition coefficient (Wildman–Crippen LogP) is 15.2. The third-order valence-electron chi connectivity index (χ3n) is 12.5. The van der Waals surface area contributed by atoms with E-state index in [-0.39, 0.29) is 0 Å². The molecule has 0 N–H and O–H groups in total. The highest BCUT2D eigenvalue weighted by molar-refractivity contribution is 5.87. The summed E-state index contributed by atoms with van der Waals surface area (Å²) in [6.45, 7) is 2.33. The van der Waals surface area contributed by atoms with Gasteiger partial charge in [-0.2, -0.15) is 0 Å². The van der Waals surface area contributed by atoms with E-state index in [1.165, 1.54) is 11.1 Å². The van der Waals surface area contributed by atoms with Gasteiger partial charge in [0.1, 0.15) is 0 Å². The second-order valence-corrected chi connectivity index (χ2v) is 17.2. The van der Waals surface area contributed by atoms with Gasteiger partial charge in [0.2, 0.25) is 0 Å². The van der Waals surface area contributed by atoms with Crippen LogP contribution >= 0.6 is 0 Å². The van der Waals surface area contributed by atoms with E-state index in [9.17, 15) is 0 Å². The van der Waals surface area contributed by atoms with Crippen LogP contribution in [0.25, 0.3) is 90.1 Å². The molecular weight excluding hydrogens is 815 g/mol. The zero-order valence-electron chi connectivity index (χ0n) is 37.0. The molecule has 1 unspecified atom stereocenters. The van der Waals surface area contributed by atoms with Gasteiger partial charge in [-0.05, 0) is 69.2 Å². The average molecular weight is 860 g/mol. The molecule has 0 saturated carbocycles. The van der Waals surface area contributed by atoms with Gasteiger partial charge < -0.3 is 0 Å². The first kappa shape index (κ1) is 41.1. The molecule has 5 nitrogen and oxygen atoms in total. The quantitative estimate of drug-likeness (QED) is 0.137. The maximum atomic E-state index is 5.22. The van der Waals surface area contributed by atoms with Crippen molar-refractivity contribution in [3.63, 3.8) is 0 Å². The van der Waals surface area contributed by atoms with Crippen LogP contribution in [-0.4, -0.2) is 24.9 Å².